The van der Waals surface area contributed by atoms with Crippen molar-refractivity contribution in [2.24, 2.45) is 0 Å². The molecule has 4 aromatic rings. The number of hydrogen-bond acceptors (Lipinski definition) is 4. The van der Waals surface area contributed by atoms with Crippen LogP contribution in [0.25, 0.3) is 17.1 Å². The molecule has 2 N–H and O–H groups in total. The lowest BCUT2D eigenvalue weighted by atomic mass is 10.1. The van der Waals surface area contributed by atoms with E-state index in [1.54, 1.807) is 12.4 Å². The molecule has 4 rings (SSSR count). The Bertz CT molecular complexity index is 1040. The topological polar surface area (TPSA) is 97.2 Å². The third kappa shape index (κ3) is 3.01. The molecule has 0 aliphatic rings. The third-order valence-electron chi connectivity index (χ3n) is 4.00. The van der Waals surface area contributed by atoms with E-state index in [4.69, 9.17) is 0 Å². The molecule has 0 unspecified atom stereocenters. The number of nitrogens with zero attached hydrogens (tertiary/aromatic N) is 5. The quantitative estimate of drug-likeness (QED) is 0.580. The van der Waals surface area contributed by atoms with Gasteiger partial charge in [0, 0.05) is 43.3 Å². The van der Waals surface area contributed by atoms with E-state index < -0.39 is 0 Å². The first-order valence-electron chi connectivity index (χ1n) is 7.96. The molecular weight excluding hydrogens is 318 g/mol. The van der Waals surface area contributed by atoms with Gasteiger partial charge in [-0.2, -0.15) is 10.2 Å². The van der Waals surface area contributed by atoms with Crippen LogP contribution in [0.2, 0.25) is 0 Å². The second-order valence-electron chi connectivity index (χ2n) is 5.79. The second-order valence-corrected chi connectivity index (χ2v) is 5.79. The van der Waals surface area contributed by atoms with E-state index in [-0.39, 0.29) is 5.69 Å². The van der Waals surface area contributed by atoms with Crippen LogP contribution in [-0.2, 0) is 13.0 Å². The zero-order valence-corrected chi connectivity index (χ0v) is 13.7. The molecule has 8 nitrogen and oxygen atoms in total. The van der Waals surface area contributed by atoms with Crippen molar-refractivity contribution < 1.29 is 0 Å². The van der Waals surface area contributed by atoms with E-state index in [0.717, 1.165) is 22.6 Å². The molecule has 0 amide bonds. The van der Waals surface area contributed by atoms with Crippen LogP contribution in [-0.4, -0.2) is 34.5 Å². The van der Waals surface area contributed by atoms with Gasteiger partial charge in [-0.15, -0.1) is 0 Å². The van der Waals surface area contributed by atoms with Crippen molar-refractivity contribution >= 4 is 0 Å². The number of imidazole rings is 1. The first-order valence-corrected chi connectivity index (χ1v) is 7.96. The standard InChI is InChI=1S/C17H17N7O/c1-12-3-4-14(24-8-2-6-19-24)13(11-12)16-18-7-10-23(16)9-5-15-20-17(25)22-21-15/h2-4,6-8,10-11H,5,9H2,1H3,(H2,20,21,22,25). The summed E-state index contributed by atoms with van der Waals surface area (Å²) in [7, 11) is 0. The van der Waals surface area contributed by atoms with Gasteiger partial charge in [0.2, 0.25) is 0 Å². The Kier molecular flexibility index (Phi) is 3.77. The Balaban J connectivity index is 1.70. The number of benzene rings is 1. The van der Waals surface area contributed by atoms with Crippen molar-refractivity contribution in [2.75, 3.05) is 0 Å². The Hall–Kier alpha value is -3.42. The van der Waals surface area contributed by atoms with Gasteiger partial charge < -0.3 is 4.57 Å². The van der Waals surface area contributed by atoms with Gasteiger partial charge in [-0.05, 0) is 25.1 Å². The highest BCUT2D eigenvalue weighted by atomic mass is 16.1. The van der Waals surface area contributed by atoms with Gasteiger partial charge in [0.05, 0.1) is 5.69 Å². The molecule has 0 aliphatic heterocycles. The Morgan fingerprint density at radius 2 is 2.12 bits per heavy atom. The van der Waals surface area contributed by atoms with Crippen molar-refractivity contribution in [1.82, 2.24) is 34.5 Å². The van der Waals surface area contributed by atoms with Crippen molar-refractivity contribution in [3.05, 3.63) is 70.9 Å². The van der Waals surface area contributed by atoms with Crippen LogP contribution in [0.15, 0.2) is 53.8 Å². The number of aromatic nitrogens is 7. The van der Waals surface area contributed by atoms with E-state index in [0.29, 0.717) is 18.8 Å². The van der Waals surface area contributed by atoms with Gasteiger partial charge >= 0.3 is 5.69 Å². The summed E-state index contributed by atoms with van der Waals surface area (Å²) in [4.78, 5) is 18.4. The fourth-order valence-corrected chi connectivity index (χ4v) is 2.82. The molecule has 1 aromatic carbocycles. The number of aromatic amines is 2. The Morgan fingerprint density at radius 3 is 2.88 bits per heavy atom. The van der Waals surface area contributed by atoms with Gasteiger partial charge in [0.1, 0.15) is 11.6 Å². The van der Waals surface area contributed by atoms with Crippen LogP contribution in [0.5, 0.6) is 0 Å². The first-order chi connectivity index (χ1) is 12.2. The Labute approximate surface area is 143 Å². The van der Waals surface area contributed by atoms with E-state index in [1.807, 2.05) is 29.2 Å². The molecule has 0 fully saturated rings. The maximum atomic E-state index is 11.2. The average molecular weight is 335 g/mol. The monoisotopic (exact) mass is 335 g/mol. The minimum Gasteiger partial charge on any atom is -0.330 e. The lowest BCUT2D eigenvalue weighted by molar-refractivity contribution is 0.678. The van der Waals surface area contributed by atoms with E-state index in [9.17, 15) is 4.79 Å². The fourth-order valence-electron chi connectivity index (χ4n) is 2.82. The molecule has 3 aromatic heterocycles. The molecule has 8 heteroatoms. The molecule has 0 atom stereocenters. The van der Waals surface area contributed by atoms with Gasteiger partial charge in [0.15, 0.2) is 0 Å². The third-order valence-corrected chi connectivity index (χ3v) is 4.00. The zero-order chi connectivity index (χ0) is 17.2. The molecule has 0 saturated heterocycles. The number of rotatable bonds is 5. The van der Waals surface area contributed by atoms with Gasteiger partial charge in [-0.3, -0.25) is 4.98 Å². The van der Waals surface area contributed by atoms with Crippen LogP contribution in [0.3, 0.4) is 0 Å². The van der Waals surface area contributed by atoms with Crippen LogP contribution in [0, 0.1) is 6.92 Å². The Morgan fingerprint density at radius 1 is 1.20 bits per heavy atom. The molecule has 126 valence electrons. The number of hydrogen-bond donors (Lipinski definition) is 2. The molecule has 0 spiro atoms. The molecule has 0 radical (unpaired) electrons. The SMILES string of the molecule is Cc1ccc(-n2cccn2)c(-c2nccn2CCc2n[nH]c(=O)[nH]2)c1. The molecule has 25 heavy (non-hydrogen) atoms. The summed E-state index contributed by atoms with van der Waals surface area (Å²) < 4.78 is 3.88. The predicted molar refractivity (Wildman–Crippen MR) is 92.4 cm³/mol. The zero-order valence-electron chi connectivity index (χ0n) is 13.7. The van der Waals surface area contributed by atoms with Crippen molar-refractivity contribution in [2.45, 2.75) is 19.9 Å². The van der Waals surface area contributed by atoms with E-state index >= 15 is 0 Å². The van der Waals surface area contributed by atoms with Crippen LogP contribution >= 0.6 is 0 Å². The number of nitrogens with one attached hydrogen (secondary N) is 2. The lowest BCUT2D eigenvalue weighted by Crippen LogP contribution is -2.07. The molecule has 0 saturated carbocycles. The highest BCUT2D eigenvalue weighted by Crippen LogP contribution is 2.26. The second kappa shape index (κ2) is 6.23. The van der Waals surface area contributed by atoms with Crippen LogP contribution in [0.1, 0.15) is 11.4 Å². The van der Waals surface area contributed by atoms with Crippen LogP contribution < -0.4 is 5.69 Å². The van der Waals surface area contributed by atoms with Crippen molar-refractivity contribution in [3.63, 3.8) is 0 Å². The van der Waals surface area contributed by atoms with Crippen molar-refractivity contribution in [3.8, 4) is 17.1 Å². The molecule has 3 heterocycles. The maximum absolute atomic E-state index is 11.2. The van der Waals surface area contributed by atoms with Crippen LogP contribution in [0.4, 0.5) is 0 Å². The normalized spacial score (nSPS) is 11.1. The van der Waals surface area contributed by atoms with E-state index in [1.165, 1.54) is 0 Å². The van der Waals surface area contributed by atoms with Crippen molar-refractivity contribution in [1.29, 1.82) is 0 Å². The van der Waals surface area contributed by atoms with Gasteiger partial charge in [0.25, 0.3) is 0 Å². The summed E-state index contributed by atoms with van der Waals surface area (Å²) in [6, 6.07) is 8.10. The highest BCUT2D eigenvalue weighted by molar-refractivity contribution is 5.68. The summed E-state index contributed by atoms with van der Waals surface area (Å²) in [5.41, 5.74) is 2.83. The summed E-state index contributed by atoms with van der Waals surface area (Å²) in [6.07, 6.45) is 7.97. The highest BCUT2D eigenvalue weighted by Gasteiger charge is 2.13. The smallest absolute Gasteiger partial charge is 0.330 e. The number of aryl methyl sites for hydroxylation is 3. The molecular formula is C17H17N7O. The summed E-state index contributed by atoms with van der Waals surface area (Å²) in [6.45, 7) is 2.71. The molecule has 0 aliphatic carbocycles. The summed E-state index contributed by atoms with van der Waals surface area (Å²) >= 11 is 0. The minimum absolute atomic E-state index is 0.291. The molecule has 0 bridgehead atoms. The van der Waals surface area contributed by atoms with E-state index in [2.05, 4.69) is 48.9 Å². The van der Waals surface area contributed by atoms with Gasteiger partial charge in [-0.1, -0.05) is 11.6 Å². The largest absolute Gasteiger partial charge is 0.340 e. The number of H-pyrrole nitrogens is 2. The maximum Gasteiger partial charge on any atom is 0.340 e. The summed E-state index contributed by atoms with van der Waals surface area (Å²) in [5, 5.41) is 10.7. The van der Waals surface area contributed by atoms with Gasteiger partial charge in [-0.25, -0.2) is 19.6 Å². The first kappa shape index (κ1) is 15.1. The lowest BCUT2D eigenvalue weighted by Gasteiger charge is -2.12. The average Bonchev–Trinajstić information content (AvgIpc) is 3.34. The predicted octanol–water partition coefficient (Wildman–Crippen LogP) is 1.70. The minimum atomic E-state index is -0.291. The fraction of sp³-hybridized carbons (Fsp3) is 0.176. The summed E-state index contributed by atoms with van der Waals surface area (Å²) in [5.74, 6) is 1.48.